The first-order valence-electron chi connectivity index (χ1n) is 12.4. The standard InChI is InChI=1S/C30H32O6S/c1-5-6-12-27(32)36-24-15-13-19-17-25(33-2)29(34-3)30(35-4)28(19)21-14-16-26(23(31)18-22(21)24)37-20-10-8-7-9-11-20/h7-11,14,16-18,24H,5-6,12-13,15H2,1-4H3/t24-/m1/s1. The Balaban J connectivity index is 1.92. The van der Waals surface area contributed by atoms with E-state index in [1.165, 1.54) is 11.8 Å². The van der Waals surface area contributed by atoms with Gasteiger partial charge in [0, 0.05) is 22.4 Å². The average Bonchev–Trinajstić information content (AvgIpc) is 3.16. The first kappa shape index (κ1) is 26.6. The second-order valence-corrected chi connectivity index (χ2v) is 9.91. The van der Waals surface area contributed by atoms with E-state index in [0.717, 1.165) is 34.4 Å². The molecule has 6 nitrogen and oxygen atoms in total. The van der Waals surface area contributed by atoms with E-state index in [-0.39, 0.29) is 11.4 Å². The van der Waals surface area contributed by atoms with Crippen molar-refractivity contribution in [2.45, 2.75) is 54.9 Å². The maximum Gasteiger partial charge on any atom is 0.306 e. The lowest BCUT2D eigenvalue weighted by atomic mass is 9.96. The van der Waals surface area contributed by atoms with Crippen molar-refractivity contribution in [2.24, 2.45) is 0 Å². The van der Waals surface area contributed by atoms with Gasteiger partial charge >= 0.3 is 5.97 Å². The topological polar surface area (TPSA) is 71.1 Å². The molecule has 0 N–H and O–H groups in total. The molecule has 0 spiro atoms. The van der Waals surface area contributed by atoms with Crippen molar-refractivity contribution in [1.29, 1.82) is 0 Å². The Morgan fingerprint density at radius 1 is 0.973 bits per heavy atom. The molecule has 7 heteroatoms. The summed E-state index contributed by atoms with van der Waals surface area (Å²) in [6.07, 6.45) is 2.57. The van der Waals surface area contributed by atoms with Crippen LogP contribution in [0.5, 0.6) is 17.2 Å². The highest BCUT2D eigenvalue weighted by Crippen LogP contribution is 2.50. The van der Waals surface area contributed by atoms with Crippen LogP contribution in [0.15, 0.2) is 69.2 Å². The third-order valence-electron chi connectivity index (χ3n) is 6.42. The summed E-state index contributed by atoms with van der Waals surface area (Å²) in [6.45, 7) is 2.04. The van der Waals surface area contributed by atoms with Gasteiger partial charge in [0.15, 0.2) is 16.9 Å². The van der Waals surface area contributed by atoms with E-state index in [0.29, 0.717) is 47.0 Å². The second-order valence-electron chi connectivity index (χ2n) is 8.79. The minimum absolute atomic E-state index is 0.132. The summed E-state index contributed by atoms with van der Waals surface area (Å²) in [7, 11) is 4.74. The van der Waals surface area contributed by atoms with Gasteiger partial charge in [0.2, 0.25) is 5.75 Å². The van der Waals surface area contributed by atoms with Crippen molar-refractivity contribution in [3.63, 3.8) is 0 Å². The number of hydrogen-bond acceptors (Lipinski definition) is 7. The molecule has 0 radical (unpaired) electrons. The number of ether oxygens (including phenoxy) is 4. The van der Waals surface area contributed by atoms with Crippen LogP contribution in [0.1, 0.15) is 49.8 Å². The third-order valence-corrected chi connectivity index (χ3v) is 7.49. The molecule has 1 atom stereocenters. The van der Waals surface area contributed by atoms with Gasteiger partial charge in [-0.1, -0.05) is 49.4 Å². The van der Waals surface area contributed by atoms with Gasteiger partial charge in [0.05, 0.1) is 26.2 Å². The molecule has 3 aromatic carbocycles. The molecule has 0 unspecified atom stereocenters. The van der Waals surface area contributed by atoms with Gasteiger partial charge in [-0.3, -0.25) is 9.59 Å². The predicted octanol–water partition coefficient (Wildman–Crippen LogP) is 6.61. The quantitative estimate of drug-likeness (QED) is 0.294. The van der Waals surface area contributed by atoms with E-state index in [9.17, 15) is 9.59 Å². The number of carbonyl (C=O) groups is 1. The number of carbonyl (C=O) groups excluding carboxylic acids is 1. The highest BCUT2D eigenvalue weighted by atomic mass is 32.2. The zero-order valence-electron chi connectivity index (χ0n) is 21.7. The smallest absolute Gasteiger partial charge is 0.306 e. The fraction of sp³-hybridized carbons (Fsp3) is 0.333. The minimum atomic E-state index is -0.567. The van der Waals surface area contributed by atoms with E-state index >= 15 is 0 Å². The molecule has 194 valence electrons. The van der Waals surface area contributed by atoms with Crippen molar-refractivity contribution < 1.29 is 23.7 Å². The van der Waals surface area contributed by atoms with Crippen LogP contribution in [0.2, 0.25) is 0 Å². The van der Waals surface area contributed by atoms with E-state index in [4.69, 9.17) is 18.9 Å². The van der Waals surface area contributed by atoms with Crippen LogP contribution in [-0.2, 0) is 16.0 Å². The Kier molecular flexibility index (Phi) is 8.77. The van der Waals surface area contributed by atoms with Gasteiger partial charge in [-0.25, -0.2) is 0 Å². The summed E-state index contributed by atoms with van der Waals surface area (Å²) in [4.78, 5) is 27.7. The van der Waals surface area contributed by atoms with Crippen molar-refractivity contribution in [2.75, 3.05) is 21.3 Å². The number of unbranched alkanes of at least 4 members (excludes halogenated alkanes) is 1. The minimum Gasteiger partial charge on any atom is -0.493 e. The van der Waals surface area contributed by atoms with Crippen LogP contribution < -0.4 is 19.6 Å². The lowest BCUT2D eigenvalue weighted by Gasteiger charge is -2.19. The number of fused-ring (bicyclic) bond motifs is 3. The molecule has 0 heterocycles. The lowest BCUT2D eigenvalue weighted by Crippen LogP contribution is -2.13. The Hall–Kier alpha value is -3.45. The summed E-state index contributed by atoms with van der Waals surface area (Å²) in [5, 5.41) is 0. The summed E-state index contributed by atoms with van der Waals surface area (Å²) in [5.41, 5.74) is 3.09. The largest absolute Gasteiger partial charge is 0.493 e. The average molecular weight is 521 g/mol. The first-order chi connectivity index (χ1) is 18.0. The predicted molar refractivity (Wildman–Crippen MR) is 145 cm³/mol. The summed E-state index contributed by atoms with van der Waals surface area (Å²) in [6, 6.07) is 17.1. The van der Waals surface area contributed by atoms with Crippen molar-refractivity contribution in [3.05, 3.63) is 75.9 Å². The number of aryl methyl sites for hydroxylation is 1. The van der Waals surface area contributed by atoms with Gasteiger partial charge < -0.3 is 18.9 Å². The molecule has 0 aliphatic heterocycles. The summed E-state index contributed by atoms with van der Waals surface area (Å²) >= 11 is 1.41. The number of methoxy groups -OCH3 is 3. The molecule has 1 aliphatic rings. The normalized spacial score (nSPS) is 14.1. The highest BCUT2D eigenvalue weighted by Gasteiger charge is 2.30. The molecule has 4 rings (SSSR count). The van der Waals surface area contributed by atoms with Gasteiger partial charge in [-0.2, -0.15) is 0 Å². The molecule has 0 saturated carbocycles. The SMILES string of the molecule is CCCCC(=O)O[C@@H]1CCc2cc(OC)c(OC)c(OC)c2-c2ccc(Sc3ccccc3)c(=O)cc21. The molecule has 0 amide bonds. The maximum absolute atomic E-state index is 13.5. The van der Waals surface area contributed by atoms with Gasteiger partial charge in [-0.15, -0.1) is 0 Å². The Labute approximate surface area is 221 Å². The molecule has 0 saturated heterocycles. The van der Waals surface area contributed by atoms with E-state index < -0.39 is 6.10 Å². The first-order valence-corrected chi connectivity index (χ1v) is 13.2. The third kappa shape index (κ3) is 5.77. The van der Waals surface area contributed by atoms with Crippen molar-refractivity contribution in [1.82, 2.24) is 0 Å². The van der Waals surface area contributed by atoms with Crippen LogP contribution in [0.25, 0.3) is 11.1 Å². The Bertz CT molecular complexity index is 1320. The fourth-order valence-corrected chi connectivity index (χ4v) is 5.47. The van der Waals surface area contributed by atoms with Crippen LogP contribution in [0.4, 0.5) is 0 Å². The number of esters is 1. The zero-order chi connectivity index (χ0) is 26.4. The Morgan fingerprint density at radius 2 is 1.73 bits per heavy atom. The summed E-state index contributed by atoms with van der Waals surface area (Å²) < 4.78 is 23.1. The molecule has 0 fully saturated rings. The zero-order valence-corrected chi connectivity index (χ0v) is 22.5. The fourth-order valence-electron chi connectivity index (χ4n) is 4.62. The summed E-state index contributed by atoms with van der Waals surface area (Å²) in [5.74, 6) is 1.29. The molecular weight excluding hydrogens is 488 g/mol. The molecule has 37 heavy (non-hydrogen) atoms. The number of hydrogen-bond donors (Lipinski definition) is 0. The van der Waals surface area contributed by atoms with Gasteiger partial charge in [0.25, 0.3) is 0 Å². The van der Waals surface area contributed by atoms with Crippen molar-refractivity contribution in [3.8, 4) is 28.4 Å². The van der Waals surface area contributed by atoms with Gasteiger partial charge in [-0.05, 0) is 60.7 Å². The Morgan fingerprint density at radius 3 is 2.41 bits per heavy atom. The second kappa shape index (κ2) is 12.2. The van der Waals surface area contributed by atoms with Crippen molar-refractivity contribution >= 4 is 17.7 Å². The molecular formula is C30H32O6S. The highest BCUT2D eigenvalue weighted by molar-refractivity contribution is 7.99. The molecule has 0 aromatic heterocycles. The number of rotatable bonds is 9. The molecule has 1 aliphatic carbocycles. The van der Waals surface area contributed by atoms with E-state index in [1.54, 1.807) is 27.4 Å². The maximum atomic E-state index is 13.5. The van der Waals surface area contributed by atoms with Crippen LogP contribution in [0, 0.1) is 0 Å². The monoisotopic (exact) mass is 520 g/mol. The van der Waals surface area contributed by atoms with E-state index in [1.807, 2.05) is 55.5 Å². The van der Waals surface area contributed by atoms with E-state index in [2.05, 4.69) is 0 Å². The molecule has 0 bridgehead atoms. The molecule has 3 aromatic rings. The number of benzene rings is 2. The van der Waals surface area contributed by atoms with Gasteiger partial charge in [0.1, 0.15) is 6.10 Å². The van der Waals surface area contributed by atoms with Crippen LogP contribution in [0.3, 0.4) is 0 Å². The van der Waals surface area contributed by atoms with Crippen LogP contribution in [-0.4, -0.2) is 27.3 Å². The lowest BCUT2D eigenvalue weighted by molar-refractivity contribution is -0.149. The van der Waals surface area contributed by atoms with Crippen LogP contribution >= 0.6 is 11.8 Å².